The van der Waals surface area contributed by atoms with E-state index in [0.29, 0.717) is 19.3 Å². The Balaban J connectivity index is 2.31. The van der Waals surface area contributed by atoms with Gasteiger partial charge in [0.15, 0.2) is 9.84 Å². The number of aliphatic hydroxyl groups excluding tert-OH is 1. The van der Waals surface area contributed by atoms with Crippen LogP contribution in [-0.2, 0) is 9.84 Å². The molecule has 1 aromatic carbocycles. The van der Waals surface area contributed by atoms with E-state index in [-0.39, 0.29) is 17.9 Å². The smallest absolute Gasteiger partial charge is 0.155 e. The van der Waals surface area contributed by atoms with Crippen molar-refractivity contribution in [2.75, 3.05) is 12.3 Å². The van der Waals surface area contributed by atoms with Crippen molar-refractivity contribution >= 4 is 9.84 Å². The van der Waals surface area contributed by atoms with Gasteiger partial charge in [-0.25, -0.2) is 17.2 Å². The lowest BCUT2D eigenvalue weighted by Gasteiger charge is -2.31. The highest BCUT2D eigenvalue weighted by Gasteiger charge is 2.38. The molecule has 118 valence electrons. The van der Waals surface area contributed by atoms with Gasteiger partial charge in [0.2, 0.25) is 0 Å². The van der Waals surface area contributed by atoms with Gasteiger partial charge in [-0.3, -0.25) is 0 Å². The summed E-state index contributed by atoms with van der Waals surface area (Å²) in [5.41, 5.74) is 5.78. The molecule has 0 bridgehead atoms. The largest absolute Gasteiger partial charge is 0.391 e. The third-order valence-corrected chi connectivity index (χ3v) is 6.28. The predicted octanol–water partition coefficient (Wildman–Crippen LogP) is 1.34. The van der Waals surface area contributed by atoms with Crippen LogP contribution >= 0.6 is 0 Å². The molecule has 1 aliphatic heterocycles. The number of hydrogen-bond donors (Lipinski definition) is 2. The summed E-state index contributed by atoms with van der Waals surface area (Å²) >= 11 is 0. The Kier molecular flexibility index (Phi) is 4.95. The summed E-state index contributed by atoms with van der Waals surface area (Å²) < 4.78 is 50.7. The van der Waals surface area contributed by atoms with Gasteiger partial charge in [-0.1, -0.05) is 6.42 Å². The van der Waals surface area contributed by atoms with Gasteiger partial charge >= 0.3 is 0 Å². The molecule has 0 amide bonds. The van der Waals surface area contributed by atoms with Crippen molar-refractivity contribution in [2.24, 2.45) is 5.73 Å². The molecule has 1 heterocycles. The maximum absolute atomic E-state index is 13.3. The van der Waals surface area contributed by atoms with E-state index in [4.69, 9.17) is 5.73 Å². The average Bonchev–Trinajstić information content (AvgIpc) is 2.37. The maximum atomic E-state index is 13.3. The Labute approximate surface area is 122 Å². The molecule has 3 unspecified atom stereocenters. The molecule has 0 radical (unpaired) electrons. The highest BCUT2D eigenvalue weighted by atomic mass is 32.2. The lowest BCUT2D eigenvalue weighted by molar-refractivity contribution is 0.133. The number of sulfone groups is 1. The zero-order valence-electron chi connectivity index (χ0n) is 11.5. The highest BCUT2D eigenvalue weighted by Crippen LogP contribution is 2.30. The summed E-state index contributed by atoms with van der Waals surface area (Å²) in [5.74, 6) is -2.33. The van der Waals surface area contributed by atoms with Gasteiger partial charge < -0.3 is 10.8 Å². The van der Waals surface area contributed by atoms with E-state index in [1.165, 1.54) is 0 Å². The van der Waals surface area contributed by atoms with Crippen LogP contribution in [-0.4, -0.2) is 37.2 Å². The Morgan fingerprint density at radius 3 is 2.38 bits per heavy atom. The van der Waals surface area contributed by atoms with Crippen LogP contribution in [0.1, 0.15) is 30.7 Å². The molecular formula is C14H19F2NO3S. The van der Waals surface area contributed by atoms with Crippen LogP contribution in [0.5, 0.6) is 0 Å². The second kappa shape index (κ2) is 6.37. The van der Waals surface area contributed by atoms with E-state index in [2.05, 4.69) is 0 Å². The highest BCUT2D eigenvalue weighted by molar-refractivity contribution is 7.92. The molecule has 1 aliphatic rings. The molecule has 4 nitrogen and oxygen atoms in total. The molecule has 1 fully saturated rings. The first-order valence-electron chi connectivity index (χ1n) is 6.91. The molecule has 21 heavy (non-hydrogen) atoms. The summed E-state index contributed by atoms with van der Waals surface area (Å²) in [6.45, 7) is -0.0872. The summed E-state index contributed by atoms with van der Waals surface area (Å²) in [6, 6.07) is 2.89. The molecule has 3 N–H and O–H groups in total. The van der Waals surface area contributed by atoms with Gasteiger partial charge in [-0.2, -0.15) is 0 Å². The first-order valence-corrected chi connectivity index (χ1v) is 8.62. The fourth-order valence-corrected chi connectivity index (χ4v) is 4.93. The molecular weight excluding hydrogens is 300 g/mol. The van der Waals surface area contributed by atoms with Crippen molar-refractivity contribution in [2.45, 2.75) is 36.5 Å². The number of benzene rings is 1. The quantitative estimate of drug-likeness (QED) is 0.877. The van der Waals surface area contributed by atoms with E-state index in [1.54, 1.807) is 0 Å². The minimum absolute atomic E-state index is 0.0313. The molecule has 1 aromatic rings. The van der Waals surface area contributed by atoms with Crippen molar-refractivity contribution in [3.8, 4) is 0 Å². The molecule has 1 saturated heterocycles. The molecule has 3 atom stereocenters. The zero-order valence-corrected chi connectivity index (χ0v) is 12.3. The third kappa shape index (κ3) is 3.59. The zero-order chi connectivity index (χ0) is 15.6. The molecule has 0 saturated carbocycles. The van der Waals surface area contributed by atoms with E-state index in [9.17, 15) is 22.3 Å². The number of aliphatic hydroxyl groups is 1. The summed E-state index contributed by atoms with van der Waals surface area (Å²) in [5, 5.41) is 9.48. The number of nitrogens with two attached hydrogens (primary N) is 1. The van der Waals surface area contributed by atoms with Gasteiger partial charge in [0, 0.05) is 18.5 Å². The fourth-order valence-electron chi connectivity index (χ4n) is 2.88. The van der Waals surface area contributed by atoms with Gasteiger partial charge in [-0.15, -0.1) is 0 Å². The Hall–Kier alpha value is -1.05. The Morgan fingerprint density at radius 2 is 1.86 bits per heavy atom. The summed E-state index contributed by atoms with van der Waals surface area (Å²) in [4.78, 5) is 0. The van der Waals surface area contributed by atoms with Gasteiger partial charge in [-0.05, 0) is 30.5 Å². The molecule has 7 heteroatoms. The van der Waals surface area contributed by atoms with Crippen LogP contribution in [0.3, 0.4) is 0 Å². The predicted molar refractivity (Wildman–Crippen MR) is 75.6 cm³/mol. The van der Waals surface area contributed by atoms with Crippen LogP contribution in [0.2, 0.25) is 0 Å². The second-order valence-corrected chi connectivity index (χ2v) is 7.78. The first kappa shape index (κ1) is 16.3. The van der Waals surface area contributed by atoms with Crippen LogP contribution in [0, 0.1) is 11.6 Å². The SMILES string of the molecule is NCC(c1cc(F)cc(F)c1)C(O)C1CCCCS1(=O)=O. The Morgan fingerprint density at radius 1 is 1.24 bits per heavy atom. The molecule has 0 spiro atoms. The maximum Gasteiger partial charge on any atom is 0.155 e. The average molecular weight is 319 g/mol. The number of hydrogen-bond acceptors (Lipinski definition) is 4. The summed E-state index contributed by atoms with van der Waals surface area (Å²) in [6.07, 6.45) is 0.363. The van der Waals surface area contributed by atoms with Gasteiger partial charge in [0.25, 0.3) is 0 Å². The van der Waals surface area contributed by atoms with Crippen LogP contribution in [0.15, 0.2) is 18.2 Å². The molecule has 2 rings (SSSR count). The first-order chi connectivity index (χ1) is 9.85. The lowest BCUT2D eigenvalue weighted by Crippen LogP contribution is -2.43. The molecule has 0 aliphatic carbocycles. The van der Waals surface area contributed by atoms with Gasteiger partial charge in [0.1, 0.15) is 11.6 Å². The summed E-state index contributed by atoms with van der Waals surface area (Å²) in [7, 11) is -3.40. The van der Waals surface area contributed by atoms with Crippen molar-refractivity contribution in [3.63, 3.8) is 0 Å². The van der Waals surface area contributed by atoms with E-state index in [0.717, 1.165) is 18.2 Å². The van der Waals surface area contributed by atoms with Gasteiger partial charge in [0.05, 0.1) is 17.1 Å². The van der Waals surface area contributed by atoms with Crippen molar-refractivity contribution < 1.29 is 22.3 Å². The topological polar surface area (TPSA) is 80.4 Å². The van der Waals surface area contributed by atoms with Crippen molar-refractivity contribution in [3.05, 3.63) is 35.4 Å². The number of halogens is 2. The molecule has 0 aromatic heterocycles. The van der Waals surface area contributed by atoms with Crippen LogP contribution < -0.4 is 5.73 Å². The van der Waals surface area contributed by atoms with E-state index in [1.807, 2.05) is 0 Å². The van der Waals surface area contributed by atoms with Crippen LogP contribution in [0.4, 0.5) is 8.78 Å². The Bertz CT molecular complexity index is 586. The monoisotopic (exact) mass is 319 g/mol. The third-order valence-electron chi connectivity index (χ3n) is 3.99. The van der Waals surface area contributed by atoms with E-state index >= 15 is 0 Å². The van der Waals surface area contributed by atoms with E-state index < -0.39 is 38.7 Å². The standard InChI is InChI=1S/C14H19F2NO3S/c15-10-5-9(6-11(16)7-10)12(8-17)14(18)13-3-1-2-4-21(13,19)20/h5-7,12-14,18H,1-4,8,17H2. The van der Waals surface area contributed by atoms with Crippen molar-refractivity contribution in [1.82, 2.24) is 0 Å². The normalized spacial score (nSPS) is 24.5. The lowest BCUT2D eigenvalue weighted by atomic mass is 9.89. The van der Waals surface area contributed by atoms with Crippen molar-refractivity contribution in [1.29, 1.82) is 0 Å². The minimum Gasteiger partial charge on any atom is -0.391 e. The second-order valence-electron chi connectivity index (χ2n) is 5.44. The van der Waals surface area contributed by atoms with Crippen LogP contribution in [0.25, 0.3) is 0 Å². The number of rotatable bonds is 4. The minimum atomic E-state index is -3.40. The fraction of sp³-hybridized carbons (Fsp3) is 0.571.